The van der Waals surface area contributed by atoms with Gasteiger partial charge in [-0.25, -0.2) is 18.0 Å². The summed E-state index contributed by atoms with van der Waals surface area (Å²) in [5.74, 6) is -3.65. The average Bonchev–Trinajstić information content (AvgIpc) is 2.80. The number of sulfonamides is 1. The van der Waals surface area contributed by atoms with Gasteiger partial charge in [0, 0.05) is 43.7 Å². The number of thioether (sulfide) groups is 1. The molecule has 178 valence electrons. The molecule has 1 heterocycles. The van der Waals surface area contributed by atoms with Gasteiger partial charge >= 0.3 is 11.9 Å². The van der Waals surface area contributed by atoms with Crippen molar-refractivity contribution in [3.8, 4) is 0 Å². The van der Waals surface area contributed by atoms with Crippen LogP contribution in [0.15, 0.2) is 58.3 Å². The standard InChI is InChI=1S/C18H21N3O4S2.C2H2O4/c1-26-16-8-6-15(7-9-16)14-19-10-12-20(13-11-19)27(24,25)18-5-3-2-4-17(18)21(22)23;3-1(4)2(5)6/h2-9H,10-14H2,1H3;(H,3,4)(H,5,6). The highest BCUT2D eigenvalue weighted by molar-refractivity contribution is 7.98. The summed E-state index contributed by atoms with van der Waals surface area (Å²) in [6.07, 6.45) is 2.03. The minimum atomic E-state index is -3.88. The van der Waals surface area contributed by atoms with Crippen LogP contribution in [0.4, 0.5) is 5.69 Å². The minimum Gasteiger partial charge on any atom is -0.473 e. The molecule has 13 heteroatoms. The summed E-state index contributed by atoms with van der Waals surface area (Å²) in [6.45, 7) is 2.57. The highest BCUT2D eigenvalue weighted by Gasteiger charge is 2.33. The maximum Gasteiger partial charge on any atom is 0.414 e. The van der Waals surface area contributed by atoms with Gasteiger partial charge in [-0.05, 0) is 30.0 Å². The summed E-state index contributed by atoms with van der Waals surface area (Å²) >= 11 is 1.69. The first-order valence-electron chi connectivity index (χ1n) is 9.61. The molecule has 0 bridgehead atoms. The number of carboxylic acids is 2. The predicted octanol–water partition coefficient (Wildman–Crippen LogP) is 1.98. The topological polar surface area (TPSA) is 158 Å². The maximum atomic E-state index is 12.8. The molecule has 3 rings (SSSR count). The number of para-hydroxylation sites is 1. The Morgan fingerprint density at radius 3 is 2.03 bits per heavy atom. The van der Waals surface area contributed by atoms with Crippen molar-refractivity contribution in [2.24, 2.45) is 0 Å². The molecule has 0 unspecified atom stereocenters. The number of nitro benzene ring substituents is 1. The van der Waals surface area contributed by atoms with Crippen molar-refractivity contribution in [3.05, 3.63) is 64.2 Å². The molecule has 1 fully saturated rings. The lowest BCUT2D eigenvalue weighted by molar-refractivity contribution is -0.387. The van der Waals surface area contributed by atoms with Crippen molar-refractivity contribution in [1.82, 2.24) is 9.21 Å². The fourth-order valence-corrected chi connectivity index (χ4v) is 5.07. The van der Waals surface area contributed by atoms with Crippen LogP contribution in [0.5, 0.6) is 0 Å². The Bertz CT molecular complexity index is 1090. The molecule has 0 aliphatic carbocycles. The van der Waals surface area contributed by atoms with Gasteiger partial charge in [0.15, 0.2) is 4.90 Å². The molecule has 0 atom stereocenters. The molecule has 1 aliphatic heterocycles. The van der Waals surface area contributed by atoms with Crippen molar-refractivity contribution in [1.29, 1.82) is 0 Å². The van der Waals surface area contributed by atoms with Crippen LogP contribution in [0.1, 0.15) is 5.56 Å². The van der Waals surface area contributed by atoms with E-state index in [1.54, 1.807) is 11.8 Å². The van der Waals surface area contributed by atoms with Gasteiger partial charge < -0.3 is 10.2 Å². The van der Waals surface area contributed by atoms with Gasteiger partial charge in [-0.2, -0.15) is 4.31 Å². The number of aliphatic carboxylic acids is 2. The van der Waals surface area contributed by atoms with Crippen LogP contribution >= 0.6 is 11.8 Å². The number of hydrogen-bond acceptors (Lipinski definition) is 8. The van der Waals surface area contributed by atoms with E-state index in [-0.39, 0.29) is 10.6 Å². The summed E-state index contributed by atoms with van der Waals surface area (Å²) in [5, 5.41) is 25.9. The Labute approximate surface area is 194 Å². The smallest absolute Gasteiger partial charge is 0.414 e. The Kier molecular flexibility index (Phi) is 9.34. The van der Waals surface area contributed by atoms with Gasteiger partial charge in [0.1, 0.15) is 0 Å². The van der Waals surface area contributed by atoms with Gasteiger partial charge in [-0.3, -0.25) is 15.0 Å². The van der Waals surface area contributed by atoms with Gasteiger partial charge in [-0.1, -0.05) is 24.3 Å². The Hall–Kier alpha value is -3.00. The average molecular weight is 498 g/mol. The van der Waals surface area contributed by atoms with Crippen LogP contribution < -0.4 is 0 Å². The van der Waals surface area contributed by atoms with E-state index in [9.17, 15) is 18.5 Å². The van der Waals surface area contributed by atoms with Crippen molar-refractivity contribution in [3.63, 3.8) is 0 Å². The number of carbonyl (C=O) groups is 2. The number of hydrogen-bond donors (Lipinski definition) is 2. The Balaban J connectivity index is 0.000000569. The fraction of sp³-hybridized carbons (Fsp3) is 0.300. The SMILES string of the molecule is CSc1ccc(CN2CCN(S(=O)(=O)c3ccccc3[N+](=O)[O-])CC2)cc1.O=C(O)C(=O)O. The first-order chi connectivity index (χ1) is 15.6. The number of benzene rings is 2. The van der Waals surface area contributed by atoms with E-state index < -0.39 is 26.9 Å². The molecule has 0 radical (unpaired) electrons. The second kappa shape index (κ2) is 11.7. The van der Waals surface area contributed by atoms with Gasteiger partial charge in [0.05, 0.1) is 4.92 Å². The lowest BCUT2D eigenvalue weighted by atomic mass is 10.2. The molecular formula is C20H23N3O8S2. The van der Waals surface area contributed by atoms with Crippen molar-refractivity contribution < 1.29 is 33.1 Å². The summed E-state index contributed by atoms with van der Waals surface area (Å²) in [5.41, 5.74) is 0.802. The lowest BCUT2D eigenvalue weighted by Gasteiger charge is -2.33. The fourth-order valence-electron chi connectivity index (χ4n) is 3.08. The monoisotopic (exact) mass is 497 g/mol. The summed E-state index contributed by atoms with van der Waals surface area (Å²) < 4.78 is 27.0. The highest BCUT2D eigenvalue weighted by atomic mass is 32.2. The first-order valence-corrected chi connectivity index (χ1v) is 12.3. The lowest BCUT2D eigenvalue weighted by Crippen LogP contribution is -2.48. The molecular weight excluding hydrogens is 474 g/mol. The van der Waals surface area contributed by atoms with Crippen LogP contribution in [0.3, 0.4) is 0 Å². The third kappa shape index (κ3) is 7.25. The number of piperazine rings is 1. The molecule has 11 nitrogen and oxygen atoms in total. The molecule has 0 aromatic heterocycles. The number of rotatable bonds is 6. The molecule has 2 aromatic carbocycles. The third-order valence-electron chi connectivity index (χ3n) is 4.76. The molecule has 1 aliphatic rings. The molecule has 33 heavy (non-hydrogen) atoms. The zero-order chi connectivity index (χ0) is 24.6. The minimum absolute atomic E-state index is 0.240. The number of nitro groups is 1. The summed E-state index contributed by atoms with van der Waals surface area (Å²) in [7, 11) is -3.88. The Morgan fingerprint density at radius 2 is 1.55 bits per heavy atom. The normalized spacial score (nSPS) is 14.7. The van der Waals surface area contributed by atoms with Crippen molar-refractivity contribution >= 4 is 39.4 Å². The number of nitrogens with zero attached hydrogens (tertiary/aromatic N) is 3. The van der Waals surface area contributed by atoms with E-state index in [1.807, 2.05) is 6.26 Å². The molecule has 2 aromatic rings. The van der Waals surface area contributed by atoms with E-state index in [2.05, 4.69) is 29.2 Å². The Morgan fingerprint density at radius 1 is 1.00 bits per heavy atom. The number of carboxylic acid groups (broad SMARTS) is 2. The van der Waals surface area contributed by atoms with E-state index >= 15 is 0 Å². The quantitative estimate of drug-likeness (QED) is 0.261. The zero-order valence-corrected chi connectivity index (χ0v) is 19.3. The van der Waals surface area contributed by atoms with E-state index in [1.165, 1.54) is 39.0 Å². The van der Waals surface area contributed by atoms with E-state index in [4.69, 9.17) is 19.8 Å². The zero-order valence-electron chi connectivity index (χ0n) is 17.7. The largest absolute Gasteiger partial charge is 0.473 e. The third-order valence-corrected chi connectivity index (χ3v) is 7.45. The van der Waals surface area contributed by atoms with Crippen molar-refractivity contribution in [2.45, 2.75) is 16.3 Å². The van der Waals surface area contributed by atoms with Crippen LogP contribution in [0.2, 0.25) is 0 Å². The summed E-state index contributed by atoms with van der Waals surface area (Å²) in [6, 6.07) is 13.8. The second-order valence-electron chi connectivity index (χ2n) is 6.86. The van der Waals surface area contributed by atoms with Crippen LogP contribution in [-0.4, -0.2) is 77.1 Å². The highest BCUT2D eigenvalue weighted by Crippen LogP contribution is 2.27. The summed E-state index contributed by atoms with van der Waals surface area (Å²) in [4.78, 5) is 31.9. The van der Waals surface area contributed by atoms with Gasteiger partial charge in [-0.15, -0.1) is 11.8 Å². The molecule has 0 amide bonds. The van der Waals surface area contributed by atoms with Gasteiger partial charge in [0.2, 0.25) is 10.0 Å². The second-order valence-corrected chi connectivity index (χ2v) is 9.65. The molecule has 0 spiro atoms. The molecule has 0 saturated carbocycles. The first kappa shape index (κ1) is 26.3. The van der Waals surface area contributed by atoms with E-state index in [0.29, 0.717) is 26.2 Å². The predicted molar refractivity (Wildman–Crippen MR) is 121 cm³/mol. The van der Waals surface area contributed by atoms with Crippen LogP contribution in [0, 0.1) is 10.1 Å². The molecule has 1 saturated heterocycles. The van der Waals surface area contributed by atoms with Crippen LogP contribution in [0.25, 0.3) is 0 Å². The van der Waals surface area contributed by atoms with Crippen molar-refractivity contribution in [2.75, 3.05) is 32.4 Å². The maximum absolute atomic E-state index is 12.8. The van der Waals surface area contributed by atoms with Gasteiger partial charge in [0.25, 0.3) is 5.69 Å². The van der Waals surface area contributed by atoms with E-state index in [0.717, 1.165) is 6.54 Å². The van der Waals surface area contributed by atoms with Crippen LogP contribution in [-0.2, 0) is 26.2 Å². The molecule has 2 N–H and O–H groups in total.